The molecular weight excluding hydrogens is 274 g/mol. The first-order valence-electron chi connectivity index (χ1n) is 7.38. The molecule has 1 aliphatic heterocycles. The Labute approximate surface area is 124 Å². The lowest BCUT2D eigenvalue weighted by atomic mass is 9.84. The van der Waals surface area contributed by atoms with Crippen molar-refractivity contribution in [2.75, 3.05) is 0 Å². The highest BCUT2D eigenvalue weighted by atomic mass is 35.5. The van der Waals surface area contributed by atoms with Crippen LogP contribution in [0, 0.1) is 5.92 Å². The van der Waals surface area contributed by atoms with Gasteiger partial charge in [0.05, 0.1) is 0 Å². The highest BCUT2D eigenvalue weighted by molar-refractivity contribution is 6.30. The lowest BCUT2D eigenvalue weighted by Gasteiger charge is -2.33. The Balaban J connectivity index is 1.82. The van der Waals surface area contributed by atoms with E-state index in [4.69, 9.17) is 11.6 Å². The van der Waals surface area contributed by atoms with Crippen LogP contribution in [0.15, 0.2) is 24.3 Å². The molecule has 1 saturated carbocycles. The van der Waals surface area contributed by atoms with E-state index in [0.717, 1.165) is 18.4 Å². The minimum Gasteiger partial charge on any atom is -0.480 e. The highest BCUT2D eigenvalue weighted by Crippen LogP contribution is 2.40. The maximum atomic E-state index is 11.5. The number of rotatable bonds is 3. The Bertz CT molecular complexity index is 505. The quantitative estimate of drug-likeness (QED) is 0.926. The highest BCUT2D eigenvalue weighted by Gasteiger charge is 2.44. The van der Waals surface area contributed by atoms with Gasteiger partial charge in [-0.3, -0.25) is 9.69 Å². The molecule has 2 aliphatic rings. The molecule has 0 radical (unpaired) electrons. The summed E-state index contributed by atoms with van der Waals surface area (Å²) in [5, 5.41) is 10.2. The molecule has 20 heavy (non-hydrogen) atoms. The van der Waals surface area contributed by atoms with Crippen LogP contribution in [-0.4, -0.2) is 28.1 Å². The Kier molecular flexibility index (Phi) is 3.99. The van der Waals surface area contributed by atoms with E-state index in [9.17, 15) is 9.90 Å². The summed E-state index contributed by atoms with van der Waals surface area (Å²) in [5.74, 6) is -0.120. The predicted octanol–water partition coefficient (Wildman–Crippen LogP) is 3.56. The van der Waals surface area contributed by atoms with Crippen LogP contribution in [-0.2, 0) is 11.3 Å². The third kappa shape index (κ3) is 2.70. The second-order valence-electron chi connectivity index (χ2n) is 6.00. The van der Waals surface area contributed by atoms with Crippen molar-refractivity contribution in [2.45, 2.75) is 50.7 Å². The molecular formula is C16H20ClNO2. The normalized spacial score (nSPS) is 30.1. The van der Waals surface area contributed by atoms with Crippen LogP contribution in [0.5, 0.6) is 0 Å². The molecule has 0 unspecified atom stereocenters. The van der Waals surface area contributed by atoms with Gasteiger partial charge >= 0.3 is 5.97 Å². The van der Waals surface area contributed by atoms with Crippen molar-refractivity contribution in [1.29, 1.82) is 0 Å². The summed E-state index contributed by atoms with van der Waals surface area (Å²) in [6.45, 7) is 0.693. The zero-order valence-electron chi connectivity index (χ0n) is 11.5. The van der Waals surface area contributed by atoms with Gasteiger partial charge in [0.25, 0.3) is 0 Å². The second-order valence-corrected chi connectivity index (χ2v) is 6.44. The maximum absolute atomic E-state index is 11.5. The summed E-state index contributed by atoms with van der Waals surface area (Å²) >= 11 is 6.03. The molecule has 1 aromatic carbocycles. The molecule has 1 heterocycles. The molecule has 0 spiro atoms. The first-order chi connectivity index (χ1) is 9.65. The Morgan fingerprint density at radius 3 is 2.90 bits per heavy atom. The van der Waals surface area contributed by atoms with Gasteiger partial charge in [-0.05, 0) is 42.9 Å². The molecule has 0 amide bonds. The first-order valence-corrected chi connectivity index (χ1v) is 7.76. The number of carbonyl (C=O) groups is 1. The van der Waals surface area contributed by atoms with E-state index in [2.05, 4.69) is 4.90 Å². The molecule has 4 heteroatoms. The number of carboxylic acids is 1. The van der Waals surface area contributed by atoms with Gasteiger partial charge in [0.15, 0.2) is 0 Å². The fourth-order valence-corrected chi connectivity index (χ4v) is 4.08. The molecule has 3 atom stereocenters. The van der Waals surface area contributed by atoms with Gasteiger partial charge < -0.3 is 5.11 Å². The number of benzene rings is 1. The van der Waals surface area contributed by atoms with Crippen LogP contribution in [0.4, 0.5) is 0 Å². The van der Waals surface area contributed by atoms with Gasteiger partial charge in [-0.15, -0.1) is 0 Å². The van der Waals surface area contributed by atoms with E-state index in [1.165, 1.54) is 19.3 Å². The minimum atomic E-state index is -0.679. The topological polar surface area (TPSA) is 40.5 Å². The van der Waals surface area contributed by atoms with Crippen LogP contribution in [0.3, 0.4) is 0 Å². The molecule has 108 valence electrons. The Morgan fingerprint density at radius 1 is 1.35 bits per heavy atom. The summed E-state index contributed by atoms with van der Waals surface area (Å²) in [6, 6.07) is 7.86. The van der Waals surface area contributed by atoms with Crippen LogP contribution in [0.1, 0.15) is 37.7 Å². The Hall–Kier alpha value is -1.06. The number of fused-ring (bicyclic) bond motifs is 1. The van der Waals surface area contributed by atoms with Crippen molar-refractivity contribution in [3.63, 3.8) is 0 Å². The van der Waals surface area contributed by atoms with Gasteiger partial charge in [-0.1, -0.05) is 36.6 Å². The summed E-state index contributed by atoms with van der Waals surface area (Å²) in [4.78, 5) is 13.7. The van der Waals surface area contributed by atoms with Crippen molar-refractivity contribution in [1.82, 2.24) is 4.90 Å². The van der Waals surface area contributed by atoms with Crippen molar-refractivity contribution in [2.24, 2.45) is 5.92 Å². The van der Waals surface area contributed by atoms with Crippen LogP contribution >= 0.6 is 11.6 Å². The van der Waals surface area contributed by atoms with Gasteiger partial charge in [-0.2, -0.15) is 0 Å². The van der Waals surface area contributed by atoms with Crippen LogP contribution in [0.2, 0.25) is 5.02 Å². The number of nitrogens with zero attached hydrogens (tertiary/aromatic N) is 1. The third-order valence-electron chi connectivity index (χ3n) is 4.76. The first kappa shape index (κ1) is 13.9. The number of hydrogen-bond acceptors (Lipinski definition) is 2. The van der Waals surface area contributed by atoms with Gasteiger partial charge in [0, 0.05) is 17.6 Å². The summed E-state index contributed by atoms with van der Waals surface area (Å²) < 4.78 is 0. The number of hydrogen-bond donors (Lipinski definition) is 1. The van der Waals surface area contributed by atoms with Crippen molar-refractivity contribution in [3.05, 3.63) is 34.9 Å². The average Bonchev–Trinajstić information content (AvgIpc) is 2.78. The lowest BCUT2D eigenvalue weighted by molar-refractivity contribution is -0.142. The van der Waals surface area contributed by atoms with Gasteiger partial charge in [0.1, 0.15) is 6.04 Å². The maximum Gasteiger partial charge on any atom is 0.320 e. The number of likely N-dealkylation sites (tertiary alicyclic amines) is 1. The lowest BCUT2D eigenvalue weighted by Crippen LogP contribution is -2.41. The minimum absolute atomic E-state index is 0.331. The fourth-order valence-electron chi connectivity index (χ4n) is 3.87. The molecule has 3 rings (SSSR count). The molecule has 0 aromatic heterocycles. The average molecular weight is 294 g/mol. The van der Waals surface area contributed by atoms with Gasteiger partial charge in [-0.25, -0.2) is 0 Å². The van der Waals surface area contributed by atoms with Crippen LogP contribution in [0.25, 0.3) is 0 Å². The predicted molar refractivity (Wildman–Crippen MR) is 78.8 cm³/mol. The van der Waals surface area contributed by atoms with E-state index >= 15 is 0 Å². The van der Waals surface area contributed by atoms with Gasteiger partial charge in [0.2, 0.25) is 0 Å². The van der Waals surface area contributed by atoms with Crippen LogP contribution < -0.4 is 0 Å². The molecule has 2 fully saturated rings. The SMILES string of the molecule is O=C(O)[C@@H]1C[C@H]2CCCC[C@@H]2N1Cc1cccc(Cl)c1. The zero-order valence-corrected chi connectivity index (χ0v) is 12.2. The molecule has 1 aromatic rings. The standard InChI is InChI=1S/C16H20ClNO2/c17-13-6-3-4-11(8-13)10-18-14-7-2-1-5-12(14)9-15(18)16(19)20/h3-4,6,8,12,14-15H,1-2,5,7,9-10H2,(H,19,20)/t12-,14+,15+/m1/s1. The van der Waals surface area contributed by atoms with E-state index in [-0.39, 0.29) is 6.04 Å². The second kappa shape index (κ2) is 5.74. The van der Waals surface area contributed by atoms with E-state index < -0.39 is 5.97 Å². The van der Waals surface area contributed by atoms with Crippen molar-refractivity contribution >= 4 is 17.6 Å². The zero-order chi connectivity index (χ0) is 14.1. The van der Waals surface area contributed by atoms with Crippen molar-refractivity contribution in [3.8, 4) is 0 Å². The monoisotopic (exact) mass is 293 g/mol. The number of halogens is 1. The van der Waals surface area contributed by atoms with E-state index in [1.807, 2.05) is 24.3 Å². The number of aliphatic carboxylic acids is 1. The smallest absolute Gasteiger partial charge is 0.320 e. The molecule has 1 N–H and O–H groups in total. The number of carboxylic acid groups (broad SMARTS) is 1. The molecule has 1 saturated heterocycles. The molecule has 1 aliphatic carbocycles. The van der Waals surface area contributed by atoms with Crippen molar-refractivity contribution < 1.29 is 9.90 Å². The van der Waals surface area contributed by atoms with E-state index in [1.54, 1.807) is 0 Å². The largest absolute Gasteiger partial charge is 0.480 e. The summed E-state index contributed by atoms with van der Waals surface area (Å²) in [5.41, 5.74) is 1.11. The third-order valence-corrected chi connectivity index (χ3v) is 5.00. The molecule has 3 nitrogen and oxygen atoms in total. The summed E-state index contributed by atoms with van der Waals surface area (Å²) in [6.07, 6.45) is 5.59. The summed E-state index contributed by atoms with van der Waals surface area (Å²) in [7, 11) is 0. The Morgan fingerprint density at radius 2 is 2.15 bits per heavy atom. The molecule has 0 bridgehead atoms. The fraction of sp³-hybridized carbons (Fsp3) is 0.562. The van der Waals surface area contributed by atoms with E-state index in [0.29, 0.717) is 23.5 Å².